The van der Waals surface area contributed by atoms with Crippen LogP contribution in [0.5, 0.6) is 0 Å². The summed E-state index contributed by atoms with van der Waals surface area (Å²) < 4.78 is 0. The van der Waals surface area contributed by atoms with Gasteiger partial charge >= 0.3 is 0 Å². The molecule has 3 heteroatoms. The zero-order chi connectivity index (χ0) is 14.2. The van der Waals surface area contributed by atoms with Crippen LogP contribution in [-0.2, 0) is 4.79 Å². The molecule has 0 fully saturated rings. The second-order valence-electron chi connectivity index (χ2n) is 5.60. The molecular weight excluding hydrogens is 224 g/mol. The summed E-state index contributed by atoms with van der Waals surface area (Å²) in [4.78, 5) is 14.2. The number of amides is 1. The monoisotopic (exact) mass is 252 g/mol. The van der Waals surface area contributed by atoms with E-state index in [2.05, 4.69) is 19.9 Å². The van der Waals surface area contributed by atoms with Crippen LogP contribution in [0.3, 0.4) is 0 Å². The van der Waals surface area contributed by atoms with Crippen LogP contribution in [0.4, 0.5) is 0 Å². The zero-order valence-electron chi connectivity index (χ0n) is 12.6. The van der Waals surface area contributed by atoms with Gasteiger partial charge in [0.15, 0.2) is 0 Å². The predicted octanol–water partition coefficient (Wildman–Crippen LogP) is 3.60. The lowest BCUT2D eigenvalue weighted by molar-refractivity contribution is -0.138. The van der Waals surface area contributed by atoms with E-state index in [1.54, 1.807) is 4.90 Å². The lowest BCUT2D eigenvalue weighted by Crippen LogP contribution is -2.42. The summed E-state index contributed by atoms with van der Waals surface area (Å²) >= 11 is 0. The molecule has 0 saturated carbocycles. The van der Waals surface area contributed by atoms with Crippen molar-refractivity contribution in [2.75, 3.05) is 13.6 Å². The Morgan fingerprint density at radius 3 is 2.11 bits per heavy atom. The molecule has 0 saturated heterocycles. The first-order valence-corrected chi connectivity index (χ1v) is 7.10. The summed E-state index contributed by atoms with van der Waals surface area (Å²) in [6.45, 7) is 9.10. The lowest BCUT2D eigenvalue weighted by Gasteiger charge is -2.30. The molecule has 0 aromatic carbocycles. The normalized spacial score (nSPS) is 11.4. The summed E-state index contributed by atoms with van der Waals surface area (Å²) in [5.41, 5.74) is -0.796. The minimum absolute atomic E-state index is 0.00866. The van der Waals surface area contributed by atoms with E-state index in [0.717, 1.165) is 25.8 Å². The van der Waals surface area contributed by atoms with E-state index in [-0.39, 0.29) is 5.91 Å². The maximum Gasteiger partial charge on any atom is 0.242 e. The summed E-state index contributed by atoms with van der Waals surface area (Å²) in [7, 11) is 1.82. The molecule has 0 aliphatic carbocycles. The number of nitriles is 1. The van der Waals surface area contributed by atoms with Crippen molar-refractivity contribution in [3.8, 4) is 6.07 Å². The largest absolute Gasteiger partial charge is 0.344 e. The lowest BCUT2D eigenvalue weighted by atomic mass is 9.79. The Balaban J connectivity index is 4.79. The summed E-state index contributed by atoms with van der Waals surface area (Å²) in [5, 5.41) is 9.44. The van der Waals surface area contributed by atoms with Crippen molar-refractivity contribution in [3.63, 3.8) is 0 Å². The third kappa shape index (κ3) is 4.68. The fraction of sp³-hybridized carbons (Fsp3) is 0.867. The van der Waals surface area contributed by atoms with Crippen LogP contribution in [0.25, 0.3) is 0 Å². The zero-order valence-corrected chi connectivity index (χ0v) is 12.6. The van der Waals surface area contributed by atoms with Gasteiger partial charge in [0, 0.05) is 13.6 Å². The van der Waals surface area contributed by atoms with Gasteiger partial charge in [-0.05, 0) is 25.2 Å². The molecular formula is C15H28N2O. The van der Waals surface area contributed by atoms with Crippen LogP contribution < -0.4 is 0 Å². The van der Waals surface area contributed by atoms with E-state index in [4.69, 9.17) is 0 Å². The molecule has 0 unspecified atom stereocenters. The molecule has 0 aromatic heterocycles. The third-order valence-corrected chi connectivity index (χ3v) is 3.37. The molecule has 0 N–H and O–H groups in total. The quantitative estimate of drug-likeness (QED) is 0.662. The van der Waals surface area contributed by atoms with Gasteiger partial charge in [-0.25, -0.2) is 0 Å². The van der Waals surface area contributed by atoms with E-state index >= 15 is 0 Å². The van der Waals surface area contributed by atoms with Crippen molar-refractivity contribution in [1.29, 1.82) is 5.26 Å². The van der Waals surface area contributed by atoms with Gasteiger partial charge in [-0.15, -0.1) is 0 Å². The molecule has 0 heterocycles. The van der Waals surface area contributed by atoms with E-state index in [9.17, 15) is 10.1 Å². The summed E-state index contributed by atoms with van der Waals surface area (Å²) in [6.07, 6.45) is 4.07. The van der Waals surface area contributed by atoms with Gasteiger partial charge in [0.25, 0.3) is 0 Å². The van der Waals surface area contributed by atoms with Crippen LogP contribution in [0.2, 0.25) is 0 Å². The highest BCUT2D eigenvalue weighted by atomic mass is 16.2. The molecule has 0 radical (unpaired) electrons. The molecule has 0 aliphatic heterocycles. The molecule has 0 atom stereocenters. The molecule has 0 aliphatic rings. The smallest absolute Gasteiger partial charge is 0.242 e. The standard InChI is InChI=1S/C15H28N2O/c1-6-9-15(12-16,10-7-2)14(18)17(5)11-8-13(3)4/h13H,6-11H2,1-5H3. The van der Waals surface area contributed by atoms with Gasteiger partial charge in [-0.3, -0.25) is 4.79 Å². The van der Waals surface area contributed by atoms with E-state index in [1.165, 1.54) is 0 Å². The van der Waals surface area contributed by atoms with E-state index in [1.807, 2.05) is 20.9 Å². The molecule has 104 valence electrons. The maximum atomic E-state index is 12.5. The first kappa shape index (κ1) is 17.0. The van der Waals surface area contributed by atoms with Crippen molar-refractivity contribution in [1.82, 2.24) is 4.90 Å². The Hall–Kier alpha value is -1.04. The second kappa shape index (κ2) is 8.13. The van der Waals surface area contributed by atoms with Gasteiger partial charge in [-0.1, -0.05) is 40.5 Å². The average molecular weight is 252 g/mol. The molecule has 18 heavy (non-hydrogen) atoms. The Bertz CT molecular complexity index is 285. The van der Waals surface area contributed by atoms with Gasteiger partial charge < -0.3 is 4.90 Å². The van der Waals surface area contributed by atoms with Gasteiger partial charge in [0.05, 0.1) is 6.07 Å². The predicted molar refractivity (Wildman–Crippen MR) is 75.0 cm³/mol. The maximum absolute atomic E-state index is 12.5. The van der Waals surface area contributed by atoms with E-state index in [0.29, 0.717) is 18.8 Å². The van der Waals surface area contributed by atoms with Crippen LogP contribution in [0.1, 0.15) is 59.8 Å². The van der Waals surface area contributed by atoms with Gasteiger partial charge in [0.2, 0.25) is 5.91 Å². The van der Waals surface area contributed by atoms with Crippen LogP contribution in [0.15, 0.2) is 0 Å². The van der Waals surface area contributed by atoms with E-state index < -0.39 is 5.41 Å². The topological polar surface area (TPSA) is 44.1 Å². The van der Waals surface area contributed by atoms with Crippen LogP contribution in [0, 0.1) is 22.7 Å². The first-order chi connectivity index (χ1) is 8.43. The molecule has 0 bridgehead atoms. The van der Waals surface area contributed by atoms with Crippen molar-refractivity contribution in [2.24, 2.45) is 11.3 Å². The average Bonchev–Trinajstić information content (AvgIpc) is 2.34. The highest BCUT2D eigenvalue weighted by Crippen LogP contribution is 2.31. The molecule has 3 nitrogen and oxygen atoms in total. The first-order valence-electron chi connectivity index (χ1n) is 7.10. The Kier molecular flexibility index (Phi) is 7.66. The Labute approximate surface area is 112 Å². The molecule has 0 rings (SSSR count). The highest BCUT2D eigenvalue weighted by molar-refractivity contribution is 5.85. The van der Waals surface area contributed by atoms with Gasteiger partial charge in [0.1, 0.15) is 5.41 Å². The molecule has 0 aromatic rings. The van der Waals surface area contributed by atoms with Gasteiger partial charge in [-0.2, -0.15) is 5.26 Å². The number of hydrogen-bond acceptors (Lipinski definition) is 2. The number of rotatable bonds is 8. The summed E-state index contributed by atoms with van der Waals surface area (Å²) in [5.74, 6) is 0.587. The SMILES string of the molecule is CCCC(C#N)(CCC)C(=O)N(C)CCC(C)C. The van der Waals surface area contributed by atoms with Crippen molar-refractivity contribution in [3.05, 3.63) is 0 Å². The number of carbonyl (C=O) groups is 1. The Morgan fingerprint density at radius 1 is 1.28 bits per heavy atom. The molecule has 1 amide bonds. The molecule has 0 spiro atoms. The minimum atomic E-state index is -0.796. The van der Waals surface area contributed by atoms with Crippen molar-refractivity contribution < 1.29 is 4.79 Å². The fourth-order valence-electron chi connectivity index (χ4n) is 2.27. The highest BCUT2D eigenvalue weighted by Gasteiger charge is 2.38. The fourth-order valence-corrected chi connectivity index (χ4v) is 2.27. The number of hydrogen-bond donors (Lipinski definition) is 0. The third-order valence-electron chi connectivity index (χ3n) is 3.37. The van der Waals surface area contributed by atoms with Crippen LogP contribution >= 0.6 is 0 Å². The Morgan fingerprint density at radius 2 is 1.78 bits per heavy atom. The van der Waals surface area contributed by atoms with Crippen molar-refractivity contribution in [2.45, 2.75) is 59.8 Å². The number of carbonyl (C=O) groups excluding carboxylic acids is 1. The summed E-state index contributed by atoms with van der Waals surface area (Å²) in [6, 6.07) is 2.29. The number of nitrogens with zero attached hydrogens (tertiary/aromatic N) is 2. The second-order valence-corrected chi connectivity index (χ2v) is 5.60. The van der Waals surface area contributed by atoms with Crippen LogP contribution in [-0.4, -0.2) is 24.4 Å². The van der Waals surface area contributed by atoms with Crippen molar-refractivity contribution >= 4 is 5.91 Å². The minimum Gasteiger partial charge on any atom is -0.344 e.